The Morgan fingerprint density at radius 2 is 1.91 bits per heavy atom. The summed E-state index contributed by atoms with van der Waals surface area (Å²) >= 11 is 0. The molecule has 5 nitrogen and oxygen atoms in total. The van der Waals surface area contributed by atoms with Crippen molar-refractivity contribution in [3.05, 3.63) is 59.0 Å². The fourth-order valence-corrected chi connectivity index (χ4v) is 2.43. The molecule has 23 heavy (non-hydrogen) atoms. The number of rotatable bonds is 6. The van der Waals surface area contributed by atoms with Gasteiger partial charge in [-0.3, -0.25) is 9.59 Å². The molecule has 0 aliphatic rings. The van der Waals surface area contributed by atoms with Crippen LogP contribution in [0.2, 0.25) is 0 Å². The third-order valence-corrected chi connectivity index (χ3v) is 4.05. The van der Waals surface area contributed by atoms with Gasteiger partial charge in [-0.1, -0.05) is 37.3 Å². The number of carbonyl (C=O) groups is 2. The summed E-state index contributed by atoms with van der Waals surface area (Å²) < 4.78 is 5.50. The summed E-state index contributed by atoms with van der Waals surface area (Å²) in [4.78, 5) is 23.9. The fourth-order valence-electron chi connectivity index (χ4n) is 2.43. The Labute approximate surface area is 135 Å². The monoisotopic (exact) mass is 315 g/mol. The zero-order valence-corrected chi connectivity index (χ0v) is 13.6. The zero-order chi connectivity index (χ0) is 17.0. The first kappa shape index (κ1) is 16.8. The van der Waals surface area contributed by atoms with E-state index in [1.54, 1.807) is 37.3 Å². The lowest BCUT2D eigenvalue weighted by atomic mass is 9.82. The highest BCUT2D eigenvalue weighted by Crippen LogP contribution is 2.23. The zero-order valence-electron chi connectivity index (χ0n) is 13.6. The van der Waals surface area contributed by atoms with E-state index in [1.807, 2.05) is 19.9 Å². The Balaban J connectivity index is 2.16. The van der Waals surface area contributed by atoms with Gasteiger partial charge in [0.1, 0.15) is 11.2 Å². The molecule has 0 saturated heterocycles. The molecule has 0 saturated carbocycles. The standard InChI is InChI=1S/C18H21NO4/c1-4-14-12(2)10-15(23-14)16(20)19-11-18(3,17(21)22)13-8-6-5-7-9-13/h5-10H,4,11H2,1-3H3,(H,19,20)(H,21,22). The molecule has 0 radical (unpaired) electrons. The molecule has 1 unspecified atom stereocenters. The smallest absolute Gasteiger partial charge is 0.315 e. The third-order valence-electron chi connectivity index (χ3n) is 4.05. The van der Waals surface area contributed by atoms with Crippen molar-refractivity contribution in [2.45, 2.75) is 32.6 Å². The molecule has 1 heterocycles. The molecule has 2 N–H and O–H groups in total. The number of aliphatic carboxylic acids is 1. The summed E-state index contributed by atoms with van der Waals surface area (Å²) in [5, 5.41) is 12.3. The Morgan fingerprint density at radius 1 is 1.26 bits per heavy atom. The number of nitrogens with one attached hydrogen (secondary N) is 1. The van der Waals surface area contributed by atoms with Crippen LogP contribution in [0.25, 0.3) is 0 Å². The summed E-state index contributed by atoms with van der Waals surface area (Å²) in [5.74, 6) is -0.426. The van der Waals surface area contributed by atoms with Crippen LogP contribution in [0.1, 0.15) is 41.3 Å². The van der Waals surface area contributed by atoms with Crippen molar-refractivity contribution < 1.29 is 19.1 Å². The molecule has 0 aliphatic heterocycles. The summed E-state index contributed by atoms with van der Waals surface area (Å²) in [6.07, 6.45) is 0.704. The largest absolute Gasteiger partial charge is 0.481 e. The molecule has 122 valence electrons. The Hall–Kier alpha value is -2.56. The van der Waals surface area contributed by atoms with Crippen molar-refractivity contribution in [2.24, 2.45) is 0 Å². The van der Waals surface area contributed by atoms with Gasteiger partial charge in [-0.15, -0.1) is 0 Å². The van der Waals surface area contributed by atoms with E-state index >= 15 is 0 Å². The predicted molar refractivity (Wildman–Crippen MR) is 86.6 cm³/mol. The number of hydrogen-bond acceptors (Lipinski definition) is 3. The average Bonchev–Trinajstić information content (AvgIpc) is 2.94. The maximum absolute atomic E-state index is 12.2. The second-order valence-electron chi connectivity index (χ2n) is 5.76. The molecular formula is C18H21NO4. The van der Waals surface area contributed by atoms with Gasteiger partial charge in [0, 0.05) is 13.0 Å². The van der Waals surface area contributed by atoms with Crippen molar-refractivity contribution in [1.29, 1.82) is 0 Å². The van der Waals surface area contributed by atoms with Crippen LogP contribution >= 0.6 is 0 Å². The molecule has 5 heteroatoms. The van der Waals surface area contributed by atoms with Gasteiger partial charge in [0.2, 0.25) is 0 Å². The number of benzene rings is 1. The van der Waals surface area contributed by atoms with E-state index in [4.69, 9.17) is 4.42 Å². The minimum Gasteiger partial charge on any atom is -0.481 e. The molecule has 1 aromatic heterocycles. The summed E-state index contributed by atoms with van der Waals surface area (Å²) in [6, 6.07) is 10.5. The van der Waals surface area contributed by atoms with E-state index in [0.717, 1.165) is 11.3 Å². The average molecular weight is 315 g/mol. The third kappa shape index (κ3) is 3.44. The van der Waals surface area contributed by atoms with Crippen molar-refractivity contribution in [3.63, 3.8) is 0 Å². The first-order valence-electron chi connectivity index (χ1n) is 7.55. The molecular weight excluding hydrogens is 294 g/mol. The fraction of sp³-hybridized carbons (Fsp3) is 0.333. The summed E-state index contributed by atoms with van der Waals surface area (Å²) in [7, 11) is 0. The van der Waals surface area contributed by atoms with Crippen LogP contribution in [0.3, 0.4) is 0 Å². The molecule has 2 aromatic rings. The second kappa shape index (κ2) is 6.69. The van der Waals surface area contributed by atoms with Gasteiger partial charge in [-0.05, 0) is 31.0 Å². The quantitative estimate of drug-likeness (QED) is 0.859. The van der Waals surface area contributed by atoms with Crippen molar-refractivity contribution >= 4 is 11.9 Å². The highest BCUT2D eigenvalue weighted by molar-refractivity contribution is 5.92. The molecule has 1 atom stereocenters. The number of aryl methyl sites for hydroxylation is 2. The highest BCUT2D eigenvalue weighted by atomic mass is 16.4. The van der Waals surface area contributed by atoms with Gasteiger partial charge in [0.15, 0.2) is 5.76 Å². The Kier molecular flexibility index (Phi) is 4.89. The Bertz CT molecular complexity index is 705. The van der Waals surface area contributed by atoms with Gasteiger partial charge < -0.3 is 14.8 Å². The first-order valence-corrected chi connectivity index (χ1v) is 7.55. The number of carbonyl (C=O) groups excluding carboxylic acids is 1. The first-order chi connectivity index (χ1) is 10.9. The molecule has 2 rings (SSSR count). The van der Waals surface area contributed by atoms with Gasteiger partial charge >= 0.3 is 5.97 Å². The van der Waals surface area contributed by atoms with Crippen LogP contribution in [-0.4, -0.2) is 23.5 Å². The molecule has 0 aliphatic carbocycles. The van der Waals surface area contributed by atoms with Gasteiger partial charge in [-0.25, -0.2) is 0 Å². The van der Waals surface area contributed by atoms with E-state index in [0.29, 0.717) is 12.0 Å². The number of furan rings is 1. The van der Waals surface area contributed by atoms with Crippen LogP contribution < -0.4 is 5.32 Å². The topological polar surface area (TPSA) is 79.5 Å². The number of carboxylic acids is 1. The van der Waals surface area contributed by atoms with E-state index in [9.17, 15) is 14.7 Å². The molecule has 1 amide bonds. The predicted octanol–water partition coefficient (Wildman–Crippen LogP) is 2.92. The van der Waals surface area contributed by atoms with Crippen LogP contribution in [0.15, 0.2) is 40.8 Å². The second-order valence-corrected chi connectivity index (χ2v) is 5.76. The summed E-state index contributed by atoms with van der Waals surface area (Å²) in [6.45, 7) is 5.40. The maximum atomic E-state index is 12.2. The van der Waals surface area contributed by atoms with E-state index in [-0.39, 0.29) is 12.3 Å². The number of hydrogen-bond donors (Lipinski definition) is 2. The SMILES string of the molecule is CCc1oc(C(=O)NCC(C)(C(=O)O)c2ccccc2)cc1C. The summed E-state index contributed by atoms with van der Waals surface area (Å²) in [5.41, 5.74) is 0.353. The minimum atomic E-state index is -1.20. The van der Waals surface area contributed by atoms with E-state index in [2.05, 4.69) is 5.32 Å². The molecule has 0 fully saturated rings. The molecule has 0 spiro atoms. The maximum Gasteiger partial charge on any atom is 0.315 e. The lowest BCUT2D eigenvalue weighted by molar-refractivity contribution is -0.142. The number of carboxylic acid groups (broad SMARTS) is 1. The number of amides is 1. The molecule has 0 bridgehead atoms. The molecule has 1 aromatic carbocycles. The minimum absolute atomic E-state index is 0.0214. The van der Waals surface area contributed by atoms with Crippen LogP contribution in [0, 0.1) is 6.92 Å². The van der Waals surface area contributed by atoms with Crippen molar-refractivity contribution in [2.75, 3.05) is 6.54 Å². The van der Waals surface area contributed by atoms with Gasteiger partial charge in [0.05, 0.1) is 0 Å². The van der Waals surface area contributed by atoms with Crippen LogP contribution in [0.5, 0.6) is 0 Å². The van der Waals surface area contributed by atoms with Crippen molar-refractivity contribution in [1.82, 2.24) is 5.32 Å². The van der Waals surface area contributed by atoms with E-state index in [1.165, 1.54) is 0 Å². The van der Waals surface area contributed by atoms with Crippen LogP contribution in [-0.2, 0) is 16.6 Å². The lowest BCUT2D eigenvalue weighted by Gasteiger charge is -2.25. The Morgan fingerprint density at radius 3 is 2.43 bits per heavy atom. The highest BCUT2D eigenvalue weighted by Gasteiger charge is 2.35. The lowest BCUT2D eigenvalue weighted by Crippen LogP contribution is -2.44. The van der Waals surface area contributed by atoms with Crippen LogP contribution in [0.4, 0.5) is 0 Å². The van der Waals surface area contributed by atoms with Gasteiger partial charge in [0.25, 0.3) is 5.91 Å². The van der Waals surface area contributed by atoms with Crippen molar-refractivity contribution in [3.8, 4) is 0 Å². The van der Waals surface area contributed by atoms with Gasteiger partial charge in [-0.2, -0.15) is 0 Å². The normalized spacial score (nSPS) is 13.3. The van der Waals surface area contributed by atoms with E-state index < -0.39 is 17.3 Å².